The summed E-state index contributed by atoms with van der Waals surface area (Å²) in [6, 6.07) is 7.92. The van der Waals surface area contributed by atoms with E-state index in [1.807, 2.05) is 30.5 Å². The molecule has 9 heteroatoms. The van der Waals surface area contributed by atoms with E-state index >= 15 is 0 Å². The lowest BCUT2D eigenvalue weighted by Crippen LogP contribution is -2.31. The fraction of sp³-hybridized carbons (Fsp3) is 0.350. The molecule has 1 aliphatic heterocycles. The molecule has 1 aromatic carbocycles. The first kappa shape index (κ1) is 19.6. The molecule has 0 aliphatic carbocycles. The zero-order valence-electron chi connectivity index (χ0n) is 16.2. The lowest BCUT2D eigenvalue weighted by atomic mass is 9.94. The maximum Gasteiger partial charge on any atom is 0.198 e. The summed E-state index contributed by atoms with van der Waals surface area (Å²) in [5.74, 6) is 0.798. The van der Waals surface area contributed by atoms with Gasteiger partial charge in [0, 0.05) is 22.1 Å². The third-order valence-corrected chi connectivity index (χ3v) is 7.97. The minimum Gasteiger partial charge on any atom is -0.370 e. The molecule has 0 saturated carbocycles. The lowest BCUT2D eigenvalue weighted by molar-refractivity contribution is -0.0379. The summed E-state index contributed by atoms with van der Waals surface area (Å²) in [5, 5.41) is 12.8. The van der Waals surface area contributed by atoms with Crippen LogP contribution in [-0.4, -0.2) is 31.4 Å². The highest BCUT2D eigenvalue weighted by atomic mass is 35.5. The highest BCUT2D eigenvalue weighted by Crippen LogP contribution is 2.41. The van der Waals surface area contributed by atoms with Crippen molar-refractivity contribution >= 4 is 62.3 Å². The van der Waals surface area contributed by atoms with Gasteiger partial charge < -0.3 is 4.74 Å². The van der Waals surface area contributed by atoms with Crippen LogP contribution in [0, 0.1) is 0 Å². The van der Waals surface area contributed by atoms with Crippen LogP contribution in [0.5, 0.6) is 0 Å². The van der Waals surface area contributed by atoms with Crippen molar-refractivity contribution < 1.29 is 4.74 Å². The molecule has 0 bridgehead atoms. The van der Waals surface area contributed by atoms with E-state index in [1.165, 1.54) is 16.0 Å². The number of thiophene rings is 1. The van der Waals surface area contributed by atoms with Crippen molar-refractivity contribution in [2.45, 2.75) is 48.5 Å². The van der Waals surface area contributed by atoms with Crippen LogP contribution in [0.4, 0.5) is 0 Å². The average Bonchev–Trinajstić information content (AvgIpc) is 3.27. The molecule has 0 spiro atoms. The largest absolute Gasteiger partial charge is 0.370 e. The Morgan fingerprint density at radius 2 is 2.00 bits per heavy atom. The molecule has 5 nitrogen and oxygen atoms in total. The van der Waals surface area contributed by atoms with E-state index in [1.54, 1.807) is 34.9 Å². The predicted octanol–water partition coefficient (Wildman–Crippen LogP) is 5.86. The Balaban J connectivity index is 1.61. The molecule has 0 saturated heterocycles. The Kier molecular flexibility index (Phi) is 5.03. The van der Waals surface area contributed by atoms with E-state index in [-0.39, 0.29) is 5.60 Å². The molecule has 0 atom stereocenters. The number of nitrogens with zero attached hydrogens (tertiary/aromatic N) is 4. The smallest absolute Gasteiger partial charge is 0.198 e. The Hall–Kier alpha value is -1.32. The Labute approximate surface area is 186 Å². The van der Waals surface area contributed by atoms with Crippen molar-refractivity contribution in [3.05, 3.63) is 45.3 Å². The molecule has 0 radical (unpaired) electrons. The van der Waals surface area contributed by atoms with Gasteiger partial charge in [0.25, 0.3) is 0 Å². The summed E-state index contributed by atoms with van der Waals surface area (Å²) in [6.45, 7) is 4.91. The quantitative estimate of drug-likeness (QED) is 0.280. The summed E-state index contributed by atoms with van der Waals surface area (Å²) < 4.78 is 8.11. The number of hydrogen-bond donors (Lipinski definition) is 0. The molecular formula is C20H19ClN4OS3. The van der Waals surface area contributed by atoms with E-state index in [9.17, 15) is 0 Å². The van der Waals surface area contributed by atoms with Crippen LogP contribution in [0.25, 0.3) is 15.9 Å². The summed E-state index contributed by atoms with van der Waals surface area (Å²) in [4.78, 5) is 7.23. The molecule has 0 N–H and O–H groups in total. The van der Waals surface area contributed by atoms with Crippen LogP contribution in [0.15, 0.2) is 34.6 Å². The first-order valence-electron chi connectivity index (χ1n) is 9.20. The number of halogens is 1. The van der Waals surface area contributed by atoms with E-state index in [0.29, 0.717) is 6.61 Å². The number of rotatable bonds is 4. The van der Waals surface area contributed by atoms with Gasteiger partial charge in [-0.3, -0.25) is 0 Å². The van der Waals surface area contributed by atoms with Crippen LogP contribution in [-0.2, 0) is 23.5 Å². The first-order valence-corrected chi connectivity index (χ1v) is 12.6. The van der Waals surface area contributed by atoms with Crippen molar-refractivity contribution in [3.63, 3.8) is 0 Å². The van der Waals surface area contributed by atoms with E-state index in [0.717, 1.165) is 43.4 Å². The second-order valence-corrected chi connectivity index (χ2v) is 10.8. The molecule has 150 valence electrons. The molecule has 0 unspecified atom stereocenters. The molecule has 0 fully saturated rings. The highest BCUT2D eigenvalue weighted by molar-refractivity contribution is 7.99. The molecule has 4 heterocycles. The molecule has 1 aliphatic rings. The third-order valence-electron chi connectivity index (χ3n) is 4.98. The minimum atomic E-state index is -0.178. The number of benzene rings is 1. The standard InChI is InChI=1S/C20H19ClN4OS3/c1-20(2)8-13-14(9-26-20)29-17-15(13)16-23-24-19(25(16)18(22-17)27-3)28-10-11-4-6-12(21)7-5-11/h4-7H,8-10H2,1-3H3. The fourth-order valence-corrected chi connectivity index (χ4v) is 6.31. The van der Waals surface area contributed by atoms with Crippen LogP contribution in [0.3, 0.4) is 0 Å². The Morgan fingerprint density at radius 1 is 1.21 bits per heavy atom. The number of thioether (sulfide) groups is 2. The molecule has 29 heavy (non-hydrogen) atoms. The van der Waals surface area contributed by atoms with Gasteiger partial charge in [0.2, 0.25) is 0 Å². The Morgan fingerprint density at radius 3 is 2.76 bits per heavy atom. The van der Waals surface area contributed by atoms with Crippen molar-refractivity contribution in [2.24, 2.45) is 0 Å². The summed E-state index contributed by atoms with van der Waals surface area (Å²) >= 11 is 11.0. The molecular weight excluding hydrogens is 444 g/mol. The topological polar surface area (TPSA) is 52.3 Å². The van der Waals surface area contributed by atoms with Crippen LogP contribution in [0.2, 0.25) is 5.02 Å². The molecule has 3 aromatic heterocycles. The number of hydrogen-bond acceptors (Lipinski definition) is 7. The van der Waals surface area contributed by atoms with Crippen LogP contribution >= 0.6 is 46.5 Å². The van der Waals surface area contributed by atoms with Gasteiger partial charge in [0.15, 0.2) is 16.0 Å². The maximum absolute atomic E-state index is 6.01. The molecule has 4 aromatic rings. The van der Waals surface area contributed by atoms with Gasteiger partial charge in [-0.25, -0.2) is 9.38 Å². The van der Waals surface area contributed by atoms with Crippen molar-refractivity contribution in [1.29, 1.82) is 0 Å². The number of aromatic nitrogens is 4. The maximum atomic E-state index is 6.01. The molecule has 0 amide bonds. The average molecular weight is 463 g/mol. The van der Waals surface area contributed by atoms with Crippen molar-refractivity contribution in [1.82, 2.24) is 19.6 Å². The van der Waals surface area contributed by atoms with Gasteiger partial charge in [-0.05, 0) is 43.4 Å². The number of ether oxygens (including phenoxy) is 1. The van der Waals surface area contributed by atoms with E-state index in [4.69, 9.17) is 21.3 Å². The van der Waals surface area contributed by atoms with Gasteiger partial charge in [-0.2, -0.15) is 0 Å². The monoisotopic (exact) mass is 462 g/mol. The predicted molar refractivity (Wildman–Crippen MR) is 122 cm³/mol. The van der Waals surface area contributed by atoms with Gasteiger partial charge in [-0.15, -0.1) is 21.5 Å². The summed E-state index contributed by atoms with van der Waals surface area (Å²) in [7, 11) is 0. The van der Waals surface area contributed by atoms with E-state index in [2.05, 4.69) is 28.4 Å². The minimum absolute atomic E-state index is 0.178. The van der Waals surface area contributed by atoms with Crippen molar-refractivity contribution in [3.8, 4) is 0 Å². The van der Waals surface area contributed by atoms with E-state index < -0.39 is 0 Å². The second kappa shape index (κ2) is 7.42. The fourth-order valence-electron chi connectivity index (χ4n) is 3.55. The first-order chi connectivity index (χ1) is 13.9. The van der Waals surface area contributed by atoms with Crippen molar-refractivity contribution in [2.75, 3.05) is 6.26 Å². The lowest BCUT2D eigenvalue weighted by Gasteiger charge is -2.30. The summed E-state index contributed by atoms with van der Waals surface area (Å²) in [6.07, 6.45) is 2.90. The van der Waals surface area contributed by atoms with Gasteiger partial charge in [0.05, 0.1) is 17.6 Å². The zero-order valence-corrected chi connectivity index (χ0v) is 19.4. The second-order valence-electron chi connectivity index (χ2n) is 7.56. The van der Waals surface area contributed by atoms with Crippen LogP contribution in [0.1, 0.15) is 29.9 Å². The van der Waals surface area contributed by atoms with Gasteiger partial charge in [-0.1, -0.05) is 47.3 Å². The SMILES string of the molecule is CSc1nc2sc3c(c2c2nnc(SCc4ccc(Cl)cc4)n12)CC(C)(C)OC3. The third kappa shape index (κ3) is 3.55. The summed E-state index contributed by atoms with van der Waals surface area (Å²) in [5.41, 5.74) is 3.23. The Bertz CT molecular complexity index is 1220. The van der Waals surface area contributed by atoms with Crippen LogP contribution < -0.4 is 0 Å². The van der Waals surface area contributed by atoms with Gasteiger partial charge in [0.1, 0.15) is 4.83 Å². The highest BCUT2D eigenvalue weighted by Gasteiger charge is 2.31. The molecule has 5 rings (SSSR count). The number of fused-ring (bicyclic) bond motifs is 5. The normalized spacial score (nSPS) is 15.9. The van der Waals surface area contributed by atoms with Gasteiger partial charge >= 0.3 is 0 Å². The zero-order chi connectivity index (χ0) is 20.2.